The summed E-state index contributed by atoms with van der Waals surface area (Å²) in [5.74, 6) is 0. The molecule has 15 heavy (non-hydrogen) atoms. The van der Waals surface area contributed by atoms with E-state index in [4.69, 9.17) is 17.3 Å². The van der Waals surface area contributed by atoms with Crippen LogP contribution in [0.15, 0.2) is 24.3 Å². The Labute approximate surface area is 95.1 Å². The summed E-state index contributed by atoms with van der Waals surface area (Å²) in [7, 11) is 0. The van der Waals surface area contributed by atoms with Gasteiger partial charge in [-0.2, -0.15) is 0 Å². The van der Waals surface area contributed by atoms with Crippen LogP contribution in [0.4, 0.5) is 0 Å². The van der Waals surface area contributed by atoms with Gasteiger partial charge in [-0.15, -0.1) is 0 Å². The van der Waals surface area contributed by atoms with Crippen molar-refractivity contribution in [2.24, 2.45) is 5.73 Å². The summed E-state index contributed by atoms with van der Waals surface area (Å²) >= 11 is 5.85. The van der Waals surface area contributed by atoms with Gasteiger partial charge in [-0.3, -0.25) is 0 Å². The third kappa shape index (κ3) is 2.03. The Morgan fingerprint density at radius 3 is 2.53 bits per heavy atom. The van der Waals surface area contributed by atoms with Crippen molar-refractivity contribution in [3.63, 3.8) is 0 Å². The molecule has 0 spiro atoms. The molecule has 2 atom stereocenters. The van der Waals surface area contributed by atoms with E-state index in [1.807, 2.05) is 24.3 Å². The lowest BCUT2D eigenvalue weighted by Gasteiger charge is -2.28. The van der Waals surface area contributed by atoms with E-state index in [0.717, 1.165) is 24.3 Å². The summed E-state index contributed by atoms with van der Waals surface area (Å²) in [5, 5.41) is 10.4. The molecule has 2 unspecified atom stereocenters. The Morgan fingerprint density at radius 1 is 1.40 bits per heavy atom. The van der Waals surface area contributed by atoms with Crippen molar-refractivity contribution in [2.45, 2.75) is 30.8 Å². The Morgan fingerprint density at radius 2 is 2.07 bits per heavy atom. The third-order valence-electron chi connectivity index (χ3n) is 3.43. The number of hydrogen-bond acceptors (Lipinski definition) is 2. The predicted octanol–water partition coefficient (Wildman–Crippen LogP) is 2.08. The average molecular weight is 226 g/mol. The van der Waals surface area contributed by atoms with Crippen LogP contribution in [0.1, 0.15) is 24.8 Å². The van der Waals surface area contributed by atoms with Crippen LogP contribution in [0.25, 0.3) is 0 Å². The molecule has 1 aromatic rings. The number of aliphatic hydroxyl groups excluding tert-OH is 1. The lowest BCUT2D eigenvalue weighted by molar-refractivity contribution is 0.174. The number of rotatable bonds is 2. The first-order chi connectivity index (χ1) is 7.16. The molecule has 3 heteroatoms. The highest BCUT2D eigenvalue weighted by molar-refractivity contribution is 6.30. The van der Waals surface area contributed by atoms with Gasteiger partial charge in [-0.1, -0.05) is 23.7 Å². The number of hydrogen-bond donors (Lipinski definition) is 2. The molecule has 0 aromatic heterocycles. The van der Waals surface area contributed by atoms with Gasteiger partial charge in [0.2, 0.25) is 0 Å². The smallest absolute Gasteiger partial charge is 0.0549 e. The lowest BCUT2D eigenvalue weighted by Crippen LogP contribution is -2.32. The predicted molar refractivity (Wildman–Crippen MR) is 62.0 cm³/mol. The molecule has 1 aliphatic rings. The minimum absolute atomic E-state index is 0.0377. The monoisotopic (exact) mass is 225 g/mol. The highest BCUT2D eigenvalue weighted by atomic mass is 35.5. The Kier molecular flexibility index (Phi) is 3.01. The molecule has 2 nitrogen and oxygen atoms in total. The number of benzene rings is 1. The first-order valence-corrected chi connectivity index (χ1v) is 5.68. The van der Waals surface area contributed by atoms with Gasteiger partial charge in [0.05, 0.1) is 6.10 Å². The van der Waals surface area contributed by atoms with Crippen LogP contribution >= 0.6 is 11.6 Å². The molecule has 1 saturated carbocycles. The zero-order valence-corrected chi connectivity index (χ0v) is 9.37. The first-order valence-electron chi connectivity index (χ1n) is 5.30. The molecule has 0 radical (unpaired) electrons. The molecule has 2 rings (SSSR count). The van der Waals surface area contributed by atoms with Crippen molar-refractivity contribution in [1.82, 2.24) is 0 Å². The van der Waals surface area contributed by atoms with Crippen molar-refractivity contribution in [3.8, 4) is 0 Å². The molecular formula is C12H16ClNO. The summed E-state index contributed by atoms with van der Waals surface area (Å²) in [6.07, 6.45) is 2.38. The minimum Gasteiger partial charge on any atom is -0.393 e. The summed E-state index contributed by atoms with van der Waals surface area (Å²) in [6.45, 7) is 0.589. The van der Waals surface area contributed by atoms with E-state index in [0.29, 0.717) is 6.54 Å². The molecule has 3 N–H and O–H groups in total. The van der Waals surface area contributed by atoms with Gasteiger partial charge in [-0.05, 0) is 37.0 Å². The molecule has 0 amide bonds. The van der Waals surface area contributed by atoms with Crippen LogP contribution in [0.2, 0.25) is 5.02 Å². The van der Waals surface area contributed by atoms with Gasteiger partial charge < -0.3 is 10.8 Å². The minimum atomic E-state index is -0.204. The van der Waals surface area contributed by atoms with Gasteiger partial charge in [0.1, 0.15) is 0 Å². The second-order valence-electron chi connectivity index (χ2n) is 4.39. The normalized spacial score (nSPS) is 30.7. The maximum Gasteiger partial charge on any atom is 0.0549 e. The number of nitrogens with two attached hydrogens (primary N) is 1. The average Bonchev–Trinajstić information content (AvgIpc) is 2.62. The third-order valence-corrected chi connectivity index (χ3v) is 3.68. The molecule has 1 fully saturated rings. The Bertz CT molecular complexity index is 338. The van der Waals surface area contributed by atoms with E-state index in [2.05, 4.69) is 0 Å². The van der Waals surface area contributed by atoms with Crippen molar-refractivity contribution in [2.75, 3.05) is 6.54 Å². The lowest BCUT2D eigenvalue weighted by atomic mass is 9.79. The van der Waals surface area contributed by atoms with Crippen molar-refractivity contribution in [3.05, 3.63) is 34.9 Å². The van der Waals surface area contributed by atoms with E-state index >= 15 is 0 Å². The van der Waals surface area contributed by atoms with Crippen LogP contribution in [0.5, 0.6) is 0 Å². The highest BCUT2D eigenvalue weighted by Crippen LogP contribution is 2.40. The molecular weight excluding hydrogens is 210 g/mol. The molecule has 1 aliphatic carbocycles. The van der Waals surface area contributed by atoms with Crippen molar-refractivity contribution < 1.29 is 5.11 Å². The Hall–Kier alpha value is -0.570. The van der Waals surface area contributed by atoms with Gasteiger partial charge in [0.25, 0.3) is 0 Å². The van der Waals surface area contributed by atoms with Crippen LogP contribution in [0, 0.1) is 0 Å². The topological polar surface area (TPSA) is 46.2 Å². The van der Waals surface area contributed by atoms with E-state index in [9.17, 15) is 5.11 Å². The number of aliphatic hydroxyl groups is 1. The van der Waals surface area contributed by atoms with Gasteiger partial charge in [-0.25, -0.2) is 0 Å². The molecule has 0 aliphatic heterocycles. The molecule has 0 saturated heterocycles. The van der Waals surface area contributed by atoms with E-state index in [1.165, 1.54) is 5.56 Å². The zero-order valence-electron chi connectivity index (χ0n) is 8.62. The van der Waals surface area contributed by atoms with Gasteiger partial charge in [0, 0.05) is 17.0 Å². The van der Waals surface area contributed by atoms with E-state index in [-0.39, 0.29) is 11.5 Å². The van der Waals surface area contributed by atoms with Crippen LogP contribution in [-0.2, 0) is 5.41 Å². The van der Waals surface area contributed by atoms with Crippen molar-refractivity contribution in [1.29, 1.82) is 0 Å². The zero-order chi connectivity index (χ0) is 10.9. The standard InChI is InChI=1S/C12H16ClNO/c13-10-3-1-9(2-4-10)12(8-14)6-5-11(15)7-12/h1-4,11,15H,5-8,14H2. The summed E-state index contributed by atoms with van der Waals surface area (Å²) < 4.78 is 0. The maximum atomic E-state index is 9.63. The van der Waals surface area contributed by atoms with Crippen LogP contribution in [-0.4, -0.2) is 17.8 Å². The van der Waals surface area contributed by atoms with Gasteiger partial charge in [0.15, 0.2) is 0 Å². The fraction of sp³-hybridized carbons (Fsp3) is 0.500. The maximum absolute atomic E-state index is 9.63. The molecule has 82 valence electrons. The van der Waals surface area contributed by atoms with E-state index in [1.54, 1.807) is 0 Å². The fourth-order valence-electron chi connectivity index (χ4n) is 2.47. The molecule has 0 heterocycles. The second kappa shape index (κ2) is 4.12. The van der Waals surface area contributed by atoms with Crippen LogP contribution in [0.3, 0.4) is 0 Å². The second-order valence-corrected chi connectivity index (χ2v) is 4.82. The summed E-state index contributed by atoms with van der Waals surface area (Å²) in [4.78, 5) is 0. The first kappa shape index (κ1) is 10.9. The van der Waals surface area contributed by atoms with E-state index < -0.39 is 0 Å². The Balaban J connectivity index is 2.30. The molecule has 1 aromatic carbocycles. The van der Waals surface area contributed by atoms with Crippen molar-refractivity contribution >= 4 is 11.6 Å². The van der Waals surface area contributed by atoms with Gasteiger partial charge >= 0.3 is 0 Å². The van der Waals surface area contributed by atoms with Crippen LogP contribution < -0.4 is 5.73 Å². The quantitative estimate of drug-likeness (QED) is 0.810. The number of halogens is 1. The summed E-state index contributed by atoms with van der Waals surface area (Å²) in [6, 6.07) is 7.82. The highest BCUT2D eigenvalue weighted by Gasteiger charge is 2.38. The SMILES string of the molecule is NCC1(c2ccc(Cl)cc2)CCC(O)C1. The fourth-order valence-corrected chi connectivity index (χ4v) is 2.59. The largest absolute Gasteiger partial charge is 0.393 e. The molecule has 0 bridgehead atoms. The summed E-state index contributed by atoms with van der Waals surface area (Å²) in [5.41, 5.74) is 7.02.